The second-order valence-corrected chi connectivity index (χ2v) is 5.66. The summed E-state index contributed by atoms with van der Waals surface area (Å²) in [6, 6.07) is 5.64. The molecule has 3 rings (SSSR count). The van der Waals surface area contributed by atoms with Crippen LogP contribution >= 0.6 is 0 Å². The van der Waals surface area contributed by atoms with Crippen molar-refractivity contribution in [3.05, 3.63) is 23.8 Å². The number of esters is 1. The number of methoxy groups -OCH3 is 1. The number of benzene rings is 1. The molecule has 1 unspecified atom stereocenters. The molecule has 1 fully saturated rings. The first kappa shape index (κ1) is 14.6. The molecular weight excluding hydrogens is 284 g/mol. The molecule has 2 aliphatic heterocycles. The summed E-state index contributed by atoms with van der Waals surface area (Å²) >= 11 is 0. The zero-order valence-corrected chi connectivity index (χ0v) is 12.7. The van der Waals surface area contributed by atoms with E-state index in [9.17, 15) is 14.4 Å². The fraction of sp³-hybridized carbons (Fsp3) is 0.438. The molecule has 1 atom stereocenters. The van der Waals surface area contributed by atoms with E-state index < -0.39 is 5.92 Å². The van der Waals surface area contributed by atoms with Gasteiger partial charge in [-0.3, -0.25) is 14.4 Å². The van der Waals surface area contributed by atoms with Crippen LogP contribution in [0.2, 0.25) is 0 Å². The summed E-state index contributed by atoms with van der Waals surface area (Å²) in [5.41, 5.74) is 2.75. The molecule has 0 bridgehead atoms. The maximum Gasteiger partial charge on any atom is 0.311 e. The summed E-state index contributed by atoms with van der Waals surface area (Å²) in [4.78, 5) is 38.7. The van der Waals surface area contributed by atoms with Gasteiger partial charge in [-0.2, -0.15) is 0 Å². The predicted octanol–water partition coefficient (Wildman–Crippen LogP) is 1.12. The first-order chi connectivity index (χ1) is 10.5. The van der Waals surface area contributed by atoms with Crippen LogP contribution in [0.15, 0.2) is 18.2 Å². The number of ether oxygens (including phenoxy) is 1. The van der Waals surface area contributed by atoms with E-state index in [4.69, 9.17) is 4.74 Å². The highest BCUT2D eigenvalue weighted by atomic mass is 16.5. The summed E-state index contributed by atoms with van der Waals surface area (Å²) in [5, 5.41) is 0. The third kappa shape index (κ3) is 2.34. The van der Waals surface area contributed by atoms with Crippen LogP contribution in [-0.4, -0.2) is 38.0 Å². The molecule has 2 amide bonds. The zero-order chi connectivity index (χ0) is 15.9. The molecule has 1 saturated heterocycles. The van der Waals surface area contributed by atoms with Gasteiger partial charge in [-0.25, -0.2) is 0 Å². The number of hydrogen-bond acceptors (Lipinski definition) is 4. The zero-order valence-electron chi connectivity index (χ0n) is 12.7. The van der Waals surface area contributed by atoms with Gasteiger partial charge in [0.25, 0.3) is 0 Å². The molecular formula is C16H18N2O4. The van der Waals surface area contributed by atoms with Crippen molar-refractivity contribution in [3.63, 3.8) is 0 Å². The van der Waals surface area contributed by atoms with Crippen molar-refractivity contribution >= 4 is 29.2 Å². The largest absolute Gasteiger partial charge is 0.469 e. The van der Waals surface area contributed by atoms with E-state index >= 15 is 0 Å². The first-order valence-corrected chi connectivity index (χ1v) is 7.30. The predicted molar refractivity (Wildman–Crippen MR) is 80.6 cm³/mol. The van der Waals surface area contributed by atoms with E-state index in [0.717, 1.165) is 23.4 Å². The molecule has 0 N–H and O–H groups in total. The molecule has 1 aromatic carbocycles. The maximum atomic E-state index is 12.1. The molecule has 2 heterocycles. The minimum absolute atomic E-state index is 0.0227. The Balaban J connectivity index is 1.84. The quantitative estimate of drug-likeness (QED) is 0.768. The van der Waals surface area contributed by atoms with Crippen molar-refractivity contribution in [1.29, 1.82) is 0 Å². The molecule has 0 aliphatic carbocycles. The average molecular weight is 302 g/mol. The number of hydrogen-bond donors (Lipinski definition) is 0. The fourth-order valence-corrected chi connectivity index (χ4v) is 3.16. The molecule has 22 heavy (non-hydrogen) atoms. The number of rotatable bonds is 2. The molecule has 116 valence electrons. The number of anilines is 2. The minimum atomic E-state index is -0.403. The smallest absolute Gasteiger partial charge is 0.311 e. The fourth-order valence-electron chi connectivity index (χ4n) is 3.16. The lowest BCUT2D eigenvalue weighted by atomic mass is 10.1. The van der Waals surface area contributed by atoms with E-state index in [0.29, 0.717) is 13.1 Å². The maximum absolute atomic E-state index is 12.1. The van der Waals surface area contributed by atoms with Crippen LogP contribution < -0.4 is 9.80 Å². The van der Waals surface area contributed by atoms with Gasteiger partial charge in [0.2, 0.25) is 11.8 Å². The van der Waals surface area contributed by atoms with Crippen molar-refractivity contribution in [2.75, 3.05) is 30.0 Å². The van der Waals surface area contributed by atoms with Crippen molar-refractivity contribution in [1.82, 2.24) is 0 Å². The molecule has 0 radical (unpaired) electrons. The Morgan fingerprint density at radius 3 is 2.77 bits per heavy atom. The molecule has 1 aromatic rings. The van der Waals surface area contributed by atoms with E-state index in [1.807, 2.05) is 18.2 Å². The van der Waals surface area contributed by atoms with Gasteiger partial charge in [0.05, 0.1) is 13.0 Å². The lowest BCUT2D eigenvalue weighted by molar-refractivity contribution is -0.145. The van der Waals surface area contributed by atoms with Gasteiger partial charge < -0.3 is 14.5 Å². The van der Waals surface area contributed by atoms with Gasteiger partial charge >= 0.3 is 5.97 Å². The number of nitrogens with zero attached hydrogens (tertiary/aromatic N) is 2. The van der Waals surface area contributed by atoms with Crippen LogP contribution in [0.25, 0.3) is 0 Å². The Morgan fingerprint density at radius 2 is 2.09 bits per heavy atom. The van der Waals surface area contributed by atoms with Gasteiger partial charge in [0.1, 0.15) is 0 Å². The molecule has 0 spiro atoms. The Kier molecular flexibility index (Phi) is 3.60. The highest BCUT2D eigenvalue weighted by Gasteiger charge is 2.36. The van der Waals surface area contributed by atoms with E-state index in [1.165, 1.54) is 7.11 Å². The number of carbonyl (C=O) groups is 3. The molecule has 0 aromatic heterocycles. The number of carbonyl (C=O) groups excluding carboxylic acids is 3. The monoisotopic (exact) mass is 302 g/mol. The lowest BCUT2D eigenvalue weighted by Gasteiger charge is -2.19. The summed E-state index contributed by atoms with van der Waals surface area (Å²) in [6.07, 6.45) is 0.967. The Morgan fingerprint density at radius 1 is 1.32 bits per heavy atom. The van der Waals surface area contributed by atoms with Gasteiger partial charge in [-0.05, 0) is 30.2 Å². The Bertz CT molecular complexity index is 656. The third-order valence-corrected chi connectivity index (χ3v) is 4.31. The minimum Gasteiger partial charge on any atom is -0.469 e. The molecule has 6 heteroatoms. The summed E-state index contributed by atoms with van der Waals surface area (Å²) < 4.78 is 4.72. The third-order valence-electron chi connectivity index (χ3n) is 4.31. The highest BCUT2D eigenvalue weighted by Crippen LogP contribution is 2.34. The Hall–Kier alpha value is -2.37. The van der Waals surface area contributed by atoms with Gasteiger partial charge in [0.15, 0.2) is 0 Å². The van der Waals surface area contributed by atoms with Crippen LogP contribution in [0.4, 0.5) is 11.4 Å². The van der Waals surface area contributed by atoms with Crippen LogP contribution in [0.5, 0.6) is 0 Å². The molecule has 0 saturated carbocycles. The standard InChI is InChI=1S/C16H18N2O4/c1-10(19)17-6-5-11-7-13(3-4-14(11)17)18-9-12(8-15(18)20)16(21)22-2/h3-4,7,12H,5-6,8-9H2,1-2H3. The summed E-state index contributed by atoms with van der Waals surface area (Å²) in [5.74, 6) is -0.800. The van der Waals surface area contributed by atoms with Crippen molar-refractivity contribution < 1.29 is 19.1 Å². The average Bonchev–Trinajstić information content (AvgIpc) is 3.09. The van der Waals surface area contributed by atoms with E-state index in [2.05, 4.69) is 0 Å². The van der Waals surface area contributed by atoms with Crippen molar-refractivity contribution in [3.8, 4) is 0 Å². The molecule has 2 aliphatic rings. The topological polar surface area (TPSA) is 66.9 Å². The van der Waals surface area contributed by atoms with Gasteiger partial charge in [-0.15, -0.1) is 0 Å². The van der Waals surface area contributed by atoms with E-state index in [-0.39, 0.29) is 24.2 Å². The second-order valence-electron chi connectivity index (χ2n) is 5.66. The van der Waals surface area contributed by atoms with Crippen LogP contribution in [0.1, 0.15) is 18.9 Å². The summed E-state index contributed by atoms with van der Waals surface area (Å²) in [7, 11) is 1.33. The SMILES string of the molecule is COC(=O)C1CC(=O)N(c2ccc3c(c2)CCN3C(C)=O)C1. The van der Waals surface area contributed by atoms with Crippen LogP contribution in [-0.2, 0) is 25.5 Å². The summed E-state index contributed by atoms with van der Waals surface area (Å²) in [6.45, 7) is 2.57. The highest BCUT2D eigenvalue weighted by molar-refractivity contribution is 6.00. The first-order valence-electron chi connectivity index (χ1n) is 7.30. The normalized spacial score (nSPS) is 20.3. The number of fused-ring (bicyclic) bond motifs is 1. The van der Waals surface area contributed by atoms with Crippen molar-refractivity contribution in [2.24, 2.45) is 5.92 Å². The van der Waals surface area contributed by atoms with Crippen LogP contribution in [0.3, 0.4) is 0 Å². The van der Waals surface area contributed by atoms with Gasteiger partial charge in [0, 0.05) is 37.8 Å². The molecule has 6 nitrogen and oxygen atoms in total. The second kappa shape index (κ2) is 5.44. The lowest BCUT2D eigenvalue weighted by Crippen LogP contribution is -2.27. The van der Waals surface area contributed by atoms with Gasteiger partial charge in [-0.1, -0.05) is 0 Å². The van der Waals surface area contributed by atoms with E-state index in [1.54, 1.807) is 16.7 Å². The number of amides is 2. The van der Waals surface area contributed by atoms with Crippen molar-refractivity contribution in [2.45, 2.75) is 19.8 Å². The Labute approximate surface area is 128 Å². The van der Waals surface area contributed by atoms with Crippen LogP contribution in [0, 0.1) is 5.92 Å².